The normalized spacial score (nSPS) is 48.7. The quantitative estimate of drug-likeness (QED) is 0.746. The molecule has 6 atom stereocenters. The molecule has 0 aliphatic heterocycles. The van der Waals surface area contributed by atoms with Crippen LogP contribution in [0.25, 0.3) is 0 Å². The number of allylic oxidation sites excluding steroid dienone is 1. The van der Waals surface area contributed by atoms with Crippen molar-refractivity contribution in [3.63, 3.8) is 0 Å². The molecule has 1 N–H and O–H groups in total. The van der Waals surface area contributed by atoms with Crippen LogP contribution in [0.15, 0.2) is 11.6 Å². The fourth-order valence-corrected chi connectivity index (χ4v) is 6.96. The molecule has 4 rings (SSSR count). The van der Waals surface area contributed by atoms with Crippen molar-refractivity contribution < 1.29 is 9.90 Å². The average molecular weight is 312 g/mol. The highest BCUT2D eigenvalue weighted by molar-refractivity contribution is 5.91. The largest absolute Gasteiger partial charge is 0.377 e. The van der Waals surface area contributed by atoms with Gasteiger partial charge in [-0.05, 0) is 81.1 Å². The van der Waals surface area contributed by atoms with Gasteiger partial charge in [0.15, 0.2) is 5.78 Å². The number of hydrogen-bond donors (Lipinski definition) is 1. The smallest absolute Gasteiger partial charge is 0.155 e. The summed E-state index contributed by atoms with van der Waals surface area (Å²) in [7, 11) is 0. The number of aliphatic hydroxyl groups is 1. The van der Waals surface area contributed by atoms with Gasteiger partial charge in [0.05, 0.1) is 0 Å². The SMILES string of the molecule is C#C[C@]1(O)CC[C@H]2[C@@H]3CCC4=CC(=O)CC[C@@H]4C3CC[C@@]21CC. The summed E-state index contributed by atoms with van der Waals surface area (Å²) in [6.07, 6.45) is 16.9. The maximum absolute atomic E-state index is 11.8. The summed E-state index contributed by atoms with van der Waals surface area (Å²) in [5, 5.41) is 11.1. The van der Waals surface area contributed by atoms with Crippen LogP contribution in [0.3, 0.4) is 0 Å². The Kier molecular flexibility index (Phi) is 3.50. The van der Waals surface area contributed by atoms with Gasteiger partial charge in [-0.1, -0.05) is 18.4 Å². The summed E-state index contributed by atoms with van der Waals surface area (Å²) in [4.78, 5) is 11.8. The molecular weight excluding hydrogens is 284 g/mol. The molecule has 124 valence electrons. The summed E-state index contributed by atoms with van der Waals surface area (Å²) in [6.45, 7) is 2.22. The van der Waals surface area contributed by atoms with E-state index in [2.05, 4.69) is 12.8 Å². The minimum absolute atomic E-state index is 0.0609. The number of fused-ring (bicyclic) bond motifs is 5. The van der Waals surface area contributed by atoms with Crippen molar-refractivity contribution in [3.8, 4) is 12.3 Å². The highest BCUT2D eigenvalue weighted by Crippen LogP contribution is 2.66. The topological polar surface area (TPSA) is 37.3 Å². The van der Waals surface area contributed by atoms with Crippen LogP contribution in [0.4, 0.5) is 0 Å². The molecule has 0 saturated heterocycles. The van der Waals surface area contributed by atoms with E-state index in [-0.39, 0.29) is 5.41 Å². The molecule has 3 fully saturated rings. The molecule has 0 aromatic rings. The van der Waals surface area contributed by atoms with Crippen molar-refractivity contribution >= 4 is 5.78 Å². The van der Waals surface area contributed by atoms with E-state index in [4.69, 9.17) is 6.42 Å². The molecule has 0 heterocycles. The molecule has 0 aromatic heterocycles. The Morgan fingerprint density at radius 3 is 2.78 bits per heavy atom. The fraction of sp³-hybridized carbons (Fsp3) is 0.762. The van der Waals surface area contributed by atoms with Crippen molar-refractivity contribution in [2.24, 2.45) is 29.1 Å². The molecular formula is C21H28O2. The summed E-state index contributed by atoms with van der Waals surface area (Å²) in [5.41, 5.74) is 0.474. The zero-order chi connectivity index (χ0) is 16.2. The van der Waals surface area contributed by atoms with Gasteiger partial charge in [0, 0.05) is 11.8 Å². The van der Waals surface area contributed by atoms with Gasteiger partial charge >= 0.3 is 0 Å². The molecule has 2 heteroatoms. The summed E-state index contributed by atoms with van der Waals surface area (Å²) in [5.74, 6) is 5.73. The van der Waals surface area contributed by atoms with Gasteiger partial charge in [0.2, 0.25) is 0 Å². The maximum Gasteiger partial charge on any atom is 0.155 e. The lowest BCUT2D eigenvalue weighted by molar-refractivity contribution is -0.117. The number of terminal acetylenes is 1. The van der Waals surface area contributed by atoms with Crippen LogP contribution < -0.4 is 0 Å². The van der Waals surface area contributed by atoms with Crippen LogP contribution in [0.2, 0.25) is 0 Å². The molecule has 2 nitrogen and oxygen atoms in total. The van der Waals surface area contributed by atoms with Gasteiger partial charge in [-0.3, -0.25) is 4.79 Å². The maximum atomic E-state index is 11.8. The molecule has 0 bridgehead atoms. The summed E-state index contributed by atoms with van der Waals surface area (Å²) < 4.78 is 0. The van der Waals surface area contributed by atoms with E-state index in [0.29, 0.717) is 29.5 Å². The molecule has 0 radical (unpaired) electrons. The van der Waals surface area contributed by atoms with E-state index in [1.54, 1.807) is 0 Å². The molecule has 3 saturated carbocycles. The van der Waals surface area contributed by atoms with Gasteiger partial charge in [0.25, 0.3) is 0 Å². The Labute approximate surface area is 139 Å². The van der Waals surface area contributed by atoms with Gasteiger partial charge in [-0.15, -0.1) is 6.42 Å². The minimum Gasteiger partial charge on any atom is -0.377 e. The lowest BCUT2D eigenvalue weighted by Crippen LogP contribution is -2.53. The summed E-state index contributed by atoms with van der Waals surface area (Å²) >= 11 is 0. The third-order valence-electron chi connectivity index (χ3n) is 8.02. The van der Waals surface area contributed by atoms with Crippen molar-refractivity contribution in [1.82, 2.24) is 0 Å². The Morgan fingerprint density at radius 1 is 1.22 bits per heavy atom. The average Bonchev–Trinajstić information content (AvgIpc) is 2.88. The van der Waals surface area contributed by atoms with E-state index in [9.17, 15) is 9.90 Å². The molecule has 23 heavy (non-hydrogen) atoms. The number of carbonyl (C=O) groups excluding carboxylic acids is 1. The second kappa shape index (κ2) is 5.21. The fourth-order valence-electron chi connectivity index (χ4n) is 6.96. The van der Waals surface area contributed by atoms with Crippen LogP contribution in [0.5, 0.6) is 0 Å². The van der Waals surface area contributed by atoms with Crippen molar-refractivity contribution in [1.29, 1.82) is 0 Å². The molecule has 0 aromatic carbocycles. The number of rotatable bonds is 1. The lowest BCUT2D eigenvalue weighted by atomic mass is 9.49. The molecule has 1 unspecified atom stereocenters. The zero-order valence-corrected chi connectivity index (χ0v) is 14.2. The first-order chi connectivity index (χ1) is 11.0. The van der Waals surface area contributed by atoms with E-state index < -0.39 is 5.60 Å². The van der Waals surface area contributed by atoms with Crippen LogP contribution in [0.1, 0.15) is 64.7 Å². The van der Waals surface area contributed by atoms with Crippen molar-refractivity contribution in [2.75, 3.05) is 0 Å². The van der Waals surface area contributed by atoms with Crippen LogP contribution in [0, 0.1) is 41.4 Å². The summed E-state index contributed by atoms with van der Waals surface area (Å²) in [6, 6.07) is 0. The first-order valence-electron chi connectivity index (χ1n) is 9.48. The van der Waals surface area contributed by atoms with E-state index >= 15 is 0 Å². The van der Waals surface area contributed by atoms with E-state index in [1.165, 1.54) is 18.4 Å². The van der Waals surface area contributed by atoms with Gasteiger partial charge in [-0.25, -0.2) is 0 Å². The Balaban J connectivity index is 1.67. The number of carbonyl (C=O) groups is 1. The Morgan fingerprint density at radius 2 is 2.04 bits per heavy atom. The third-order valence-corrected chi connectivity index (χ3v) is 8.02. The van der Waals surface area contributed by atoms with E-state index in [0.717, 1.165) is 44.9 Å². The second-order valence-corrected chi connectivity index (χ2v) is 8.40. The molecule has 0 amide bonds. The molecule has 4 aliphatic carbocycles. The monoisotopic (exact) mass is 312 g/mol. The van der Waals surface area contributed by atoms with Crippen molar-refractivity contribution in [2.45, 2.75) is 70.3 Å². The highest BCUT2D eigenvalue weighted by atomic mass is 16.3. The lowest BCUT2D eigenvalue weighted by Gasteiger charge is -2.55. The third kappa shape index (κ3) is 1.96. The standard InChI is InChI=1S/C21H28O2/c1-3-20-11-9-17-16-8-6-15(22)13-14(16)5-7-18(17)19(20)10-12-21(20,23)4-2/h2,13,16-19,23H,3,5-12H2,1H3/t16-,17?,18+,19-,20-,21-/m0/s1. The molecule has 0 spiro atoms. The number of ketones is 1. The van der Waals surface area contributed by atoms with Crippen LogP contribution >= 0.6 is 0 Å². The second-order valence-electron chi connectivity index (χ2n) is 8.40. The van der Waals surface area contributed by atoms with Crippen LogP contribution in [-0.4, -0.2) is 16.5 Å². The van der Waals surface area contributed by atoms with Gasteiger partial charge < -0.3 is 5.11 Å². The Bertz CT molecular complexity index is 597. The van der Waals surface area contributed by atoms with Gasteiger partial charge in [0.1, 0.15) is 5.60 Å². The first-order valence-corrected chi connectivity index (χ1v) is 9.48. The highest BCUT2D eigenvalue weighted by Gasteiger charge is 2.63. The van der Waals surface area contributed by atoms with E-state index in [1.807, 2.05) is 6.08 Å². The zero-order valence-electron chi connectivity index (χ0n) is 14.2. The number of hydrogen-bond acceptors (Lipinski definition) is 2. The first kappa shape index (κ1) is 15.5. The molecule has 4 aliphatic rings. The van der Waals surface area contributed by atoms with Gasteiger partial charge in [-0.2, -0.15) is 0 Å². The van der Waals surface area contributed by atoms with Crippen molar-refractivity contribution in [3.05, 3.63) is 11.6 Å². The predicted molar refractivity (Wildman–Crippen MR) is 90.5 cm³/mol. The Hall–Kier alpha value is -1.07. The predicted octanol–water partition coefficient (Wildman–Crippen LogP) is 3.88. The minimum atomic E-state index is -0.893. The van der Waals surface area contributed by atoms with Crippen LogP contribution in [-0.2, 0) is 4.79 Å².